The van der Waals surface area contributed by atoms with Gasteiger partial charge in [-0.25, -0.2) is 8.42 Å². The third-order valence-corrected chi connectivity index (χ3v) is 4.49. The molecule has 0 spiro atoms. The van der Waals surface area contributed by atoms with E-state index < -0.39 is 21.8 Å². The van der Waals surface area contributed by atoms with Crippen LogP contribution in [-0.2, 0) is 14.6 Å². The van der Waals surface area contributed by atoms with Gasteiger partial charge in [-0.3, -0.25) is 9.69 Å². The molecule has 6 heteroatoms. The minimum Gasteiger partial charge on any atom is -0.480 e. The molecule has 1 unspecified atom stereocenters. The lowest BCUT2D eigenvalue weighted by Crippen LogP contribution is -2.64. The molecule has 0 aromatic rings. The fourth-order valence-electron chi connectivity index (χ4n) is 1.84. The zero-order valence-electron chi connectivity index (χ0n) is 7.01. The molecule has 2 rings (SSSR count). The van der Waals surface area contributed by atoms with Crippen molar-refractivity contribution in [3.05, 3.63) is 0 Å². The molecule has 1 N–H and O–H groups in total. The third-order valence-electron chi connectivity index (χ3n) is 2.71. The molecule has 2 heterocycles. The Labute approximate surface area is 76.3 Å². The summed E-state index contributed by atoms with van der Waals surface area (Å²) in [5.74, 6) is -0.566. The van der Waals surface area contributed by atoms with Gasteiger partial charge in [-0.1, -0.05) is 0 Å². The number of sulfone groups is 1. The predicted octanol–water partition coefficient (Wildman–Crippen LogP) is -1.06. The van der Waals surface area contributed by atoms with E-state index in [1.54, 1.807) is 4.90 Å². The second-order valence-electron chi connectivity index (χ2n) is 3.61. The molecule has 13 heavy (non-hydrogen) atoms. The van der Waals surface area contributed by atoms with E-state index in [0.29, 0.717) is 6.42 Å². The highest BCUT2D eigenvalue weighted by Gasteiger charge is 2.46. The first-order valence-electron chi connectivity index (χ1n) is 4.18. The molecule has 0 aliphatic carbocycles. The average Bonchev–Trinajstić information content (AvgIpc) is 1.78. The minimum atomic E-state index is -2.84. The van der Waals surface area contributed by atoms with Crippen LogP contribution in [0.2, 0.25) is 0 Å². The van der Waals surface area contributed by atoms with E-state index in [9.17, 15) is 13.2 Å². The Kier molecular flexibility index (Phi) is 1.85. The Morgan fingerprint density at radius 3 is 2.31 bits per heavy atom. The van der Waals surface area contributed by atoms with Gasteiger partial charge in [-0.15, -0.1) is 0 Å². The van der Waals surface area contributed by atoms with Crippen LogP contribution in [0.1, 0.15) is 6.42 Å². The number of carboxylic acids is 1. The summed E-state index contributed by atoms with van der Waals surface area (Å²) in [6, 6.07) is -0.486. The number of carbonyl (C=O) groups is 1. The van der Waals surface area contributed by atoms with E-state index in [1.165, 1.54) is 0 Å². The van der Waals surface area contributed by atoms with Crippen molar-refractivity contribution in [1.82, 2.24) is 4.90 Å². The number of rotatable bonds is 2. The summed E-state index contributed by atoms with van der Waals surface area (Å²) >= 11 is 0. The topological polar surface area (TPSA) is 74.7 Å². The maximum absolute atomic E-state index is 10.8. The van der Waals surface area contributed by atoms with Crippen LogP contribution in [0, 0.1) is 0 Å². The molecule has 2 fully saturated rings. The molecule has 2 aliphatic heterocycles. The molecule has 0 bridgehead atoms. The summed E-state index contributed by atoms with van der Waals surface area (Å²) in [7, 11) is -2.84. The van der Waals surface area contributed by atoms with E-state index in [1.807, 2.05) is 0 Å². The van der Waals surface area contributed by atoms with Crippen LogP contribution in [-0.4, -0.2) is 54.5 Å². The second-order valence-corrected chi connectivity index (χ2v) is 5.77. The van der Waals surface area contributed by atoms with Gasteiger partial charge >= 0.3 is 5.97 Å². The summed E-state index contributed by atoms with van der Waals surface area (Å²) in [5, 5.41) is 8.71. The molecule has 1 atom stereocenters. The maximum atomic E-state index is 10.8. The summed E-state index contributed by atoms with van der Waals surface area (Å²) in [6.07, 6.45) is 0.645. The SMILES string of the molecule is O=C(O)C1CCN1C1CS(=O)(=O)C1. The van der Waals surface area contributed by atoms with Crippen molar-refractivity contribution in [2.75, 3.05) is 18.1 Å². The van der Waals surface area contributed by atoms with Crippen molar-refractivity contribution in [3.8, 4) is 0 Å². The summed E-state index contributed by atoms with van der Waals surface area (Å²) in [4.78, 5) is 12.4. The zero-order chi connectivity index (χ0) is 9.64. The lowest BCUT2D eigenvalue weighted by Gasteiger charge is -2.46. The first-order chi connectivity index (χ1) is 5.99. The Balaban J connectivity index is 1.94. The molecule has 0 aromatic heterocycles. The Morgan fingerprint density at radius 1 is 1.38 bits per heavy atom. The lowest BCUT2D eigenvalue weighted by atomic mass is 10.0. The van der Waals surface area contributed by atoms with Crippen LogP contribution in [0.4, 0.5) is 0 Å². The summed E-state index contributed by atoms with van der Waals surface area (Å²) < 4.78 is 21.7. The monoisotopic (exact) mass is 205 g/mol. The van der Waals surface area contributed by atoms with Crippen molar-refractivity contribution >= 4 is 15.8 Å². The standard InChI is InChI=1S/C7H11NO4S/c9-7(10)6-1-2-8(6)5-3-13(11,12)4-5/h5-6H,1-4H2,(H,9,10). The summed E-state index contributed by atoms with van der Waals surface area (Å²) in [6.45, 7) is 0.719. The van der Waals surface area contributed by atoms with Crippen LogP contribution in [0.25, 0.3) is 0 Å². The van der Waals surface area contributed by atoms with E-state index in [0.717, 1.165) is 6.54 Å². The van der Waals surface area contributed by atoms with Gasteiger partial charge < -0.3 is 5.11 Å². The van der Waals surface area contributed by atoms with Crippen LogP contribution < -0.4 is 0 Å². The van der Waals surface area contributed by atoms with Crippen molar-refractivity contribution in [1.29, 1.82) is 0 Å². The van der Waals surface area contributed by atoms with E-state index in [4.69, 9.17) is 5.11 Å². The molecule has 0 aromatic carbocycles. The smallest absolute Gasteiger partial charge is 0.320 e. The number of carboxylic acid groups (broad SMARTS) is 1. The van der Waals surface area contributed by atoms with Gasteiger partial charge in [0.05, 0.1) is 11.5 Å². The Hall–Kier alpha value is -0.620. The lowest BCUT2D eigenvalue weighted by molar-refractivity contribution is -0.149. The van der Waals surface area contributed by atoms with Crippen molar-refractivity contribution in [3.63, 3.8) is 0 Å². The van der Waals surface area contributed by atoms with Gasteiger partial charge in [-0.05, 0) is 6.42 Å². The highest BCUT2D eigenvalue weighted by Crippen LogP contribution is 2.27. The van der Waals surface area contributed by atoms with Crippen LogP contribution >= 0.6 is 0 Å². The zero-order valence-corrected chi connectivity index (χ0v) is 7.83. The minimum absolute atomic E-state index is 0.0418. The van der Waals surface area contributed by atoms with Gasteiger partial charge in [0.25, 0.3) is 0 Å². The highest BCUT2D eigenvalue weighted by molar-refractivity contribution is 7.92. The Morgan fingerprint density at radius 2 is 2.00 bits per heavy atom. The van der Waals surface area contributed by atoms with Gasteiger partial charge in [-0.2, -0.15) is 0 Å². The van der Waals surface area contributed by atoms with Crippen LogP contribution in [0.5, 0.6) is 0 Å². The first-order valence-corrected chi connectivity index (χ1v) is 6.01. The molecule has 0 saturated carbocycles. The molecule has 5 nitrogen and oxygen atoms in total. The fraction of sp³-hybridized carbons (Fsp3) is 0.857. The number of hydrogen-bond acceptors (Lipinski definition) is 4. The van der Waals surface area contributed by atoms with Gasteiger partial charge in [0, 0.05) is 12.6 Å². The molecule has 74 valence electrons. The molecule has 0 radical (unpaired) electrons. The molecular weight excluding hydrogens is 194 g/mol. The first kappa shape index (κ1) is 8.96. The second kappa shape index (κ2) is 2.68. The van der Waals surface area contributed by atoms with Crippen molar-refractivity contribution in [2.45, 2.75) is 18.5 Å². The quantitative estimate of drug-likeness (QED) is 0.622. The predicted molar refractivity (Wildman–Crippen MR) is 45.2 cm³/mol. The van der Waals surface area contributed by atoms with Crippen molar-refractivity contribution in [2.24, 2.45) is 0 Å². The number of likely N-dealkylation sites (tertiary alicyclic amines) is 1. The van der Waals surface area contributed by atoms with Crippen LogP contribution in [0.15, 0.2) is 0 Å². The fourth-order valence-corrected chi connectivity index (χ4v) is 3.30. The van der Waals surface area contributed by atoms with E-state index in [-0.39, 0.29) is 17.5 Å². The molecule has 2 aliphatic rings. The summed E-state index contributed by atoms with van der Waals surface area (Å²) in [5.41, 5.74) is 0. The molecule has 0 amide bonds. The van der Waals surface area contributed by atoms with Gasteiger partial charge in [0.2, 0.25) is 0 Å². The highest BCUT2D eigenvalue weighted by atomic mass is 32.2. The van der Waals surface area contributed by atoms with Gasteiger partial charge in [0.1, 0.15) is 6.04 Å². The number of nitrogens with zero attached hydrogens (tertiary/aromatic N) is 1. The number of aliphatic carboxylic acids is 1. The van der Waals surface area contributed by atoms with Gasteiger partial charge in [0.15, 0.2) is 9.84 Å². The largest absolute Gasteiger partial charge is 0.480 e. The Bertz CT molecular complexity index is 324. The maximum Gasteiger partial charge on any atom is 0.320 e. The van der Waals surface area contributed by atoms with Crippen molar-refractivity contribution < 1.29 is 18.3 Å². The third kappa shape index (κ3) is 1.44. The normalized spacial score (nSPS) is 33.4. The number of hydrogen-bond donors (Lipinski definition) is 1. The van der Waals surface area contributed by atoms with E-state index in [2.05, 4.69) is 0 Å². The molecule has 2 saturated heterocycles. The van der Waals surface area contributed by atoms with E-state index >= 15 is 0 Å². The molecular formula is C7H11NO4S. The van der Waals surface area contributed by atoms with Crippen LogP contribution in [0.3, 0.4) is 0 Å². The average molecular weight is 205 g/mol.